The van der Waals surface area contributed by atoms with Crippen molar-refractivity contribution in [2.24, 2.45) is 0 Å². The Morgan fingerprint density at radius 3 is 1.41 bits per heavy atom. The van der Waals surface area contributed by atoms with E-state index >= 15 is 0 Å². The number of thiol groups is 1. The molecule has 0 spiro atoms. The number of benzene rings is 4. The number of hydrogen-bond donors (Lipinski definition) is 6. The Labute approximate surface area is 477 Å². The van der Waals surface area contributed by atoms with Crippen molar-refractivity contribution >= 4 is 33.1 Å². The zero-order valence-electron chi connectivity index (χ0n) is 46.2. The number of hydrogen-bond acceptors (Lipinski definition) is 13. The van der Waals surface area contributed by atoms with Crippen LogP contribution in [-0.2, 0) is 57.0 Å². The van der Waals surface area contributed by atoms with E-state index in [-0.39, 0.29) is 92.4 Å². The molecule has 2 aliphatic carbocycles. The summed E-state index contributed by atoms with van der Waals surface area (Å²) >= 11 is 0. The monoisotopic (exact) mass is 1170 g/mol. The molecule has 19 nitrogen and oxygen atoms in total. The fourth-order valence-corrected chi connectivity index (χ4v) is 12.6. The first-order valence-electron chi connectivity index (χ1n) is 28.6. The number of urea groups is 2. The number of halogens is 2. The number of likely N-dealkylation sites (tertiary alicyclic amines) is 2. The summed E-state index contributed by atoms with van der Waals surface area (Å²) in [6.07, 6.45) is 9.31. The van der Waals surface area contributed by atoms with E-state index in [1.807, 2.05) is 24.3 Å². The summed E-state index contributed by atoms with van der Waals surface area (Å²) in [6, 6.07) is 23.0. The van der Waals surface area contributed by atoms with Crippen LogP contribution in [0.4, 0.5) is 18.4 Å². The lowest BCUT2D eigenvalue weighted by Crippen LogP contribution is -2.43. The Morgan fingerprint density at radius 1 is 0.519 bits per heavy atom. The van der Waals surface area contributed by atoms with Crippen LogP contribution < -0.4 is 40.2 Å². The molecular formula is C58H81F2N8O11S2+. The van der Waals surface area contributed by atoms with Crippen molar-refractivity contribution in [1.82, 2.24) is 40.5 Å². The van der Waals surface area contributed by atoms with Crippen molar-refractivity contribution in [2.45, 2.75) is 98.3 Å². The number of piperidine rings is 2. The number of sulfonamides is 1. The molecule has 0 bridgehead atoms. The van der Waals surface area contributed by atoms with Gasteiger partial charge in [0.15, 0.2) is 15.9 Å². The highest BCUT2D eigenvalue weighted by Gasteiger charge is 2.40. The Hall–Kier alpha value is -5.34. The Balaban J connectivity index is 0.564. The van der Waals surface area contributed by atoms with Gasteiger partial charge in [-0.1, -0.05) is 29.2 Å². The summed E-state index contributed by atoms with van der Waals surface area (Å²) in [5.74, 6) is 0.603. The van der Waals surface area contributed by atoms with Crippen LogP contribution in [0.5, 0.6) is 11.5 Å². The van der Waals surface area contributed by atoms with Crippen LogP contribution in [0.15, 0.2) is 94.7 Å². The summed E-state index contributed by atoms with van der Waals surface area (Å²) in [5, 5.41) is 11.0. The van der Waals surface area contributed by atoms with Crippen molar-refractivity contribution in [2.75, 3.05) is 118 Å². The van der Waals surface area contributed by atoms with Crippen LogP contribution in [0, 0.1) is 11.6 Å². The smallest absolute Gasteiger partial charge is 0.314 e. The Bertz CT molecular complexity index is 2720. The largest absolute Gasteiger partial charge is 0.484 e. The summed E-state index contributed by atoms with van der Waals surface area (Å²) in [4.78, 5) is 29.9. The SMILES string of the molecule is O=C(NCCCCNC(=O)NCCOCCOCCNS(=O)(=O)c1ccc(O[C@H]2c3cc(F)ccc3CC2N2CCCCC2)cc1)NCCOCCOCCN[SH+](=O)c1ccc(O[C@H]2c3cc(F)ccc3CC2N2CCCCC2)cc1. The second kappa shape index (κ2) is 32.5. The molecule has 2 aliphatic heterocycles. The van der Waals surface area contributed by atoms with E-state index in [1.54, 1.807) is 36.4 Å². The first-order valence-corrected chi connectivity index (χ1v) is 31.4. The van der Waals surface area contributed by atoms with Gasteiger partial charge in [-0.05, 0) is 161 Å². The summed E-state index contributed by atoms with van der Waals surface area (Å²) in [5.41, 5.74) is 3.95. The summed E-state index contributed by atoms with van der Waals surface area (Å²) < 4.78 is 108. The third kappa shape index (κ3) is 19.4. The quantitative estimate of drug-likeness (QED) is 0.0183. The van der Waals surface area contributed by atoms with Crippen LogP contribution in [0.3, 0.4) is 0 Å². The van der Waals surface area contributed by atoms with Gasteiger partial charge in [0, 0.05) is 43.9 Å². The van der Waals surface area contributed by atoms with Gasteiger partial charge in [-0.2, -0.15) is 0 Å². The molecule has 81 heavy (non-hydrogen) atoms. The molecule has 4 aromatic rings. The number of nitrogens with zero attached hydrogens (tertiary/aromatic N) is 2. The van der Waals surface area contributed by atoms with Crippen molar-refractivity contribution in [3.63, 3.8) is 0 Å². The van der Waals surface area contributed by atoms with E-state index in [0.29, 0.717) is 81.8 Å². The van der Waals surface area contributed by atoms with E-state index in [4.69, 9.17) is 28.4 Å². The van der Waals surface area contributed by atoms with Crippen LogP contribution in [0.1, 0.15) is 85.8 Å². The second-order valence-corrected chi connectivity index (χ2v) is 23.8. The number of unbranched alkanes of at least 4 members (excludes halogenated alkanes) is 1. The van der Waals surface area contributed by atoms with Crippen molar-refractivity contribution < 1.29 is 59.4 Å². The highest BCUT2D eigenvalue weighted by atomic mass is 32.2. The van der Waals surface area contributed by atoms with Gasteiger partial charge in [0.05, 0.1) is 76.4 Å². The molecule has 444 valence electrons. The van der Waals surface area contributed by atoms with Crippen LogP contribution in [0.25, 0.3) is 0 Å². The Kier molecular flexibility index (Phi) is 24.8. The number of carbonyl (C=O) groups excluding carboxylic acids is 2. The van der Waals surface area contributed by atoms with Crippen molar-refractivity contribution in [1.29, 1.82) is 0 Å². The lowest BCUT2D eigenvalue weighted by molar-refractivity contribution is 0.0516. The maximum Gasteiger partial charge on any atom is 0.314 e. The molecule has 0 aromatic heterocycles. The summed E-state index contributed by atoms with van der Waals surface area (Å²) in [6.45, 7) is 8.17. The third-order valence-electron chi connectivity index (χ3n) is 14.9. The molecule has 0 radical (unpaired) electrons. The fraction of sp³-hybridized carbons (Fsp3) is 0.552. The van der Waals surface area contributed by atoms with Crippen molar-refractivity contribution in [3.8, 4) is 11.5 Å². The molecule has 5 atom stereocenters. The van der Waals surface area contributed by atoms with E-state index in [2.05, 4.69) is 40.5 Å². The first kappa shape index (κ1) is 61.7. The van der Waals surface area contributed by atoms with Gasteiger partial charge in [-0.3, -0.25) is 9.80 Å². The van der Waals surface area contributed by atoms with E-state index in [9.17, 15) is 31.0 Å². The van der Waals surface area contributed by atoms with Gasteiger partial charge in [0.25, 0.3) is 0 Å². The molecule has 4 amide bonds. The average molecular weight is 1170 g/mol. The number of nitrogens with one attached hydrogen (secondary N) is 6. The molecule has 3 unspecified atom stereocenters. The Morgan fingerprint density at radius 2 is 0.938 bits per heavy atom. The first-order chi connectivity index (χ1) is 39.5. The van der Waals surface area contributed by atoms with E-state index < -0.39 is 21.0 Å². The number of ether oxygens (including phenoxy) is 6. The standard InChI is InChI=1S/C58H80F2N8O11S2/c59-45-11-9-43-39-53(67-27-5-1-6-28-67)55(51(43)41-45)78-47-13-17-49(18-14-47)80(71)65-25-33-76-37-35-74-31-23-63-57(69)61-21-3-4-22-62-58(70)64-24-32-75-36-38-77-34-26-66-81(72,73)50-19-15-48(16-20-50)79-56-52-42-46(60)12-10-44(52)40-54(56)68-29-7-2-8-30-68/h9-20,41-42,53-56,66H,1-8,21-40H2,(H,65,71)(H2,61,63,69)(H2,62,64,70)/p+1/t53?,54?,55-,56-,80?/m0/s1. The maximum atomic E-state index is 14.3. The minimum atomic E-state index is -3.80. The van der Waals surface area contributed by atoms with E-state index in [0.717, 1.165) is 87.0 Å². The van der Waals surface area contributed by atoms with Gasteiger partial charge in [0.2, 0.25) is 10.0 Å². The molecular weight excluding hydrogens is 1090 g/mol. The predicted octanol–water partition coefficient (Wildman–Crippen LogP) is 6.01. The highest BCUT2D eigenvalue weighted by molar-refractivity contribution is 7.89. The van der Waals surface area contributed by atoms with Gasteiger partial charge >= 0.3 is 12.1 Å². The molecule has 2 heterocycles. The predicted molar refractivity (Wildman–Crippen MR) is 304 cm³/mol. The zero-order valence-corrected chi connectivity index (χ0v) is 47.9. The molecule has 2 saturated heterocycles. The topological polar surface area (TPSA) is 219 Å². The fourth-order valence-electron chi connectivity index (χ4n) is 10.7. The lowest BCUT2D eigenvalue weighted by Gasteiger charge is -2.35. The molecule has 2 fully saturated rings. The normalized spacial score (nSPS) is 19.6. The summed E-state index contributed by atoms with van der Waals surface area (Å²) in [7, 11) is -5.65. The minimum absolute atomic E-state index is 0.0650. The minimum Gasteiger partial charge on any atom is -0.484 e. The van der Waals surface area contributed by atoms with Crippen LogP contribution in [0.2, 0.25) is 0 Å². The number of carbonyl (C=O) groups is 2. The van der Waals surface area contributed by atoms with Gasteiger partial charge in [0.1, 0.15) is 35.3 Å². The van der Waals surface area contributed by atoms with Gasteiger partial charge < -0.3 is 49.7 Å². The number of fused-ring (bicyclic) bond motifs is 2. The molecule has 8 rings (SSSR count). The van der Waals surface area contributed by atoms with Gasteiger partial charge in [-0.15, -0.1) is 4.72 Å². The third-order valence-corrected chi connectivity index (χ3v) is 17.6. The molecule has 4 aliphatic rings. The lowest BCUT2D eigenvalue weighted by atomic mass is 10.0. The second-order valence-electron chi connectivity index (χ2n) is 20.6. The van der Waals surface area contributed by atoms with Crippen LogP contribution >= 0.6 is 0 Å². The van der Waals surface area contributed by atoms with E-state index in [1.165, 1.54) is 37.1 Å². The highest BCUT2D eigenvalue weighted by Crippen LogP contribution is 2.41. The molecule has 4 aromatic carbocycles. The maximum absolute atomic E-state index is 14.3. The van der Waals surface area contributed by atoms with Crippen LogP contribution in [-0.4, -0.2) is 161 Å². The molecule has 6 N–H and O–H groups in total. The van der Waals surface area contributed by atoms with Crippen molar-refractivity contribution in [3.05, 3.63) is 119 Å². The number of rotatable bonds is 33. The van der Waals surface area contributed by atoms with Gasteiger partial charge in [-0.25, -0.2) is 31.5 Å². The zero-order chi connectivity index (χ0) is 56.7. The molecule has 23 heteroatoms. The average Bonchev–Trinajstić information content (AvgIpc) is 4.25. The molecule has 0 saturated carbocycles. The number of amides is 4.